The van der Waals surface area contributed by atoms with Gasteiger partial charge < -0.3 is 18.6 Å². The molecule has 44 heavy (non-hydrogen) atoms. The molecule has 0 spiro atoms. The van der Waals surface area contributed by atoms with Crippen LogP contribution in [0.15, 0.2) is 69.9 Å². The summed E-state index contributed by atoms with van der Waals surface area (Å²) in [5, 5.41) is 0.0345. The fourth-order valence-corrected chi connectivity index (χ4v) is 5.16. The van der Waals surface area contributed by atoms with Gasteiger partial charge in [0.05, 0.1) is 42.4 Å². The van der Waals surface area contributed by atoms with E-state index in [1.165, 1.54) is 17.0 Å². The van der Waals surface area contributed by atoms with Crippen molar-refractivity contribution in [3.63, 3.8) is 0 Å². The van der Waals surface area contributed by atoms with Crippen LogP contribution in [-0.4, -0.2) is 31.7 Å². The molecule has 0 N–H and O–H groups in total. The normalized spacial score (nSPS) is 14.3. The first-order valence-electron chi connectivity index (χ1n) is 15.0. The number of halogens is 1. The highest BCUT2D eigenvalue weighted by Crippen LogP contribution is 2.43. The second-order valence-electron chi connectivity index (χ2n) is 11.1. The molecule has 1 unspecified atom stereocenters. The van der Waals surface area contributed by atoms with E-state index >= 15 is 0 Å². The molecule has 1 amide bonds. The van der Waals surface area contributed by atoms with Gasteiger partial charge in [0.1, 0.15) is 11.4 Å². The second-order valence-corrected chi connectivity index (χ2v) is 11.1. The minimum absolute atomic E-state index is 0.0345. The summed E-state index contributed by atoms with van der Waals surface area (Å²) in [6.07, 6.45) is 2.52. The van der Waals surface area contributed by atoms with Crippen molar-refractivity contribution in [3.05, 3.63) is 99.2 Å². The van der Waals surface area contributed by atoms with Crippen molar-refractivity contribution in [2.45, 2.75) is 53.0 Å². The number of nitrogens with zero attached hydrogens (tertiary/aromatic N) is 1. The predicted molar refractivity (Wildman–Crippen MR) is 165 cm³/mol. The van der Waals surface area contributed by atoms with Crippen LogP contribution in [0.25, 0.3) is 11.0 Å². The number of fused-ring (bicyclic) bond motifs is 2. The van der Waals surface area contributed by atoms with Crippen LogP contribution >= 0.6 is 0 Å². The minimum atomic E-state index is -0.923. The Morgan fingerprint density at radius 3 is 2.43 bits per heavy atom. The molecular weight excluding hydrogens is 565 g/mol. The smallest absolute Gasteiger partial charge is 0.338 e. The van der Waals surface area contributed by atoms with Crippen LogP contribution in [0.3, 0.4) is 0 Å². The first kappa shape index (κ1) is 30.8. The number of hydrogen-bond donors (Lipinski definition) is 0. The highest BCUT2D eigenvalue weighted by atomic mass is 19.1. The number of ether oxygens (including phenoxy) is 3. The summed E-state index contributed by atoms with van der Waals surface area (Å²) < 4.78 is 37.4. The third-order valence-electron chi connectivity index (χ3n) is 7.48. The van der Waals surface area contributed by atoms with Gasteiger partial charge in [-0.1, -0.05) is 33.3 Å². The monoisotopic (exact) mass is 601 g/mol. The van der Waals surface area contributed by atoms with E-state index < -0.39 is 29.2 Å². The van der Waals surface area contributed by atoms with E-state index in [9.17, 15) is 18.8 Å². The van der Waals surface area contributed by atoms with Crippen LogP contribution in [0, 0.1) is 11.7 Å². The zero-order chi connectivity index (χ0) is 31.4. The number of carbonyl (C=O) groups is 2. The number of hydrogen-bond acceptors (Lipinski definition) is 7. The van der Waals surface area contributed by atoms with E-state index in [1.54, 1.807) is 42.5 Å². The molecule has 0 saturated carbocycles. The first-order valence-corrected chi connectivity index (χ1v) is 15.0. The molecule has 0 bridgehead atoms. The van der Waals surface area contributed by atoms with Gasteiger partial charge in [0.2, 0.25) is 5.76 Å². The molecule has 1 aliphatic heterocycles. The van der Waals surface area contributed by atoms with Gasteiger partial charge in [0.25, 0.3) is 5.91 Å². The molecule has 0 saturated heterocycles. The summed E-state index contributed by atoms with van der Waals surface area (Å²) in [7, 11) is 0. The predicted octanol–water partition coefficient (Wildman–Crippen LogP) is 7.46. The summed E-state index contributed by atoms with van der Waals surface area (Å²) in [6.45, 7) is 9.28. The molecular formula is C35H36FNO7. The highest BCUT2D eigenvalue weighted by Gasteiger charge is 2.44. The molecule has 9 heteroatoms. The lowest BCUT2D eigenvalue weighted by Gasteiger charge is -2.26. The van der Waals surface area contributed by atoms with Gasteiger partial charge in [-0.15, -0.1) is 0 Å². The first-order chi connectivity index (χ1) is 21.2. The summed E-state index contributed by atoms with van der Waals surface area (Å²) >= 11 is 0. The van der Waals surface area contributed by atoms with Gasteiger partial charge in [0.15, 0.2) is 16.9 Å². The van der Waals surface area contributed by atoms with Crippen molar-refractivity contribution in [1.29, 1.82) is 0 Å². The number of benzene rings is 3. The molecule has 8 nitrogen and oxygen atoms in total. The highest BCUT2D eigenvalue weighted by molar-refractivity contribution is 6.10. The SMILES string of the molecule is CCCCOC(=O)c1ccc(N2C(=O)c3oc4ccc(F)cc4c(=O)c3C2c2ccc(OCCC(C)C)c(OCC)c2)cc1. The van der Waals surface area contributed by atoms with Gasteiger partial charge in [-0.25, -0.2) is 9.18 Å². The fraction of sp³-hybridized carbons (Fsp3) is 0.343. The Bertz CT molecular complexity index is 1730. The largest absolute Gasteiger partial charge is 0.490 e. The molecule has 0 radical (unpaired) electrons. The van der Waals surface area contributed by atoms with E-state index in [2.05, 4.69) is 13.8 Å². The maximum atomic E-state index is 14.2. The summed E-state index contributed by atoms with van der Waals surface area (Å²) in [6, 6.07) is 14.4. The Hall–Kier alpha value is -4.66. The number of carbonyl (C=O) groups excluding carboxylic acids is 2. The fourth-order valence-electron chi connectivity index (χ4n) is 5.16. The topological polar surface area (TPSA) is 95.3 Å². The number of amides is 1. The van der Waals surface area contributed by atoms with Gasteiger partial charge in [-0.2, -0.15) is 0 Å². The maximum Gasteiger partial charge on any atom is 0.338 e. The third kappa shape index (κ3) is 6.18. The number of rotatable bonds is 12. The lowest BCUT2D eigenvalue weighted by atomic mass is 9.97. The lowest BCUT2D eigenvalue weighted by Crippen LogP contribution is -2.29. The van der Waals surface area contributed by atoms with E-state index in [-0.39, 0.29) is 22.3 Å². The second kappa shape index (κ2) is 13.3. The summed E-state index contributed by atoms with van der Waals surface area (Å²) in [5.74, 6) is -0.244. The average Bonchev–Trinajstić information content (AvgIpc) is 3.30. The Balaban J connectivity index is 1.61. The van der Waals surface area contributed by atoms with Crippen molar-refractivity contribution in [2.24, 2.45) is 5.92 Å². The zero-order valence-electron chi connectivity index (χ0n) is 25.4. The molecule has 230 valence electrons. The average molecular weight is 602 g/mol. The van der Waals surface area contributed by atoms with Gasteiger partial charge in [-0.05, 0) is 85.8 Å². The molecule has 1 atom stereocenters. The van der Waals surface area contributed by atoms with Crippen molar-refractivity contribution < 1.29 is 32.6 Å². The number of esters is 1. The Labute approximate surface area is 255 Å². The van der Waals surface area contributed by atoms with Gasteiger partial charge in [0, 0.05) is 5.69 Å². The van der Waals surface area contributed by atoms with Crippen molar-refractivity contribution in [3.8, 4) is 11.5 Å². The number of anilines is 1. The molecule has 4 aromatic rings. The Morgan fingerprint density at radius 2 is 1.73 bits per heavy atom. The number of unbranched alkanes of at least 4 members (excludes halogenated alkanes) is 1. The van der Waals surface area contributed by atoms with Crippen LogP contribution < -0.4 is 19.8 Å². The quantitative estimate of drug-likeness (QED) is 0.123. The van der Waals surface area contributed by atoms with Gasteiger partial charge >= 0.3 is 5.97 Å². The van der Waals surface area contributed by atoms with Crippen molar-refractivity contribution in [1.82, 2.24) is 0 Å². The maximum absolute atomic E-state index is 14.2. The third-order valence-corrected chi connectivity index (χ3v) is 7.48. The molecule has 5 rings (SSSR count). The lowest BCUT2D eigenvalue weighted by molar-refractivity contribution is 0.0499. The van der Waals surface area contributed by atoms with E-state index in [1.807, 2.05) is 13.8 Å². The van der Waals surface area contributed by atoms with Crippen molar-refractivity contribution >= 4 is 28.5 Å². The molecule has 1 aromatic heterocycles. The minimum Gasteiger partial charge on any atom is -0.490 e. The van der Waals surface area contributed by atoms with E-state index in [0.29, 0.717) is 54.1 Å². The molecule has 0 fully saturated rings. The summed E-state index contributed by atoms with van der Waals surface area (Å²) in [4.78, 5) is 41.9. The Morgan fingerprint density at radius 1 is 0.955 bits per heavy atom. The van der Waals surface area contributed by atoms with Crippen LogP contribution in [0.1, 0.15) is 85.0 Å². The molecule has 1 aliphatic rings. The van der Waals surface area contributed by atoms with Crippen LogP contribution in [0.5, 0.6) is 11.5 Å². The van der Waals surface area contributed by atoms with Gasteiger partial charge in [-0.3, -0.25) is 14.5 Å². The molecule has 0 aliphatic carbocycles. The van der Waals surface area contributed by atoms with Crippen molar-refractivity contribution in [2.75, 3.05) is 24.7 Å². The summed E-state index contributed by atoms with van der Waals surface area (Å²) in [5.41, 5.74) is 1.03. The Kier molecular flexibility index (Phi) is 9.32. The molecule has 3 aromatic carbocycles. The van der Waals surface area contributed by atoms with E-state index in [0.717, 1.165) is 25.3 Å². The van der Waals surface area contributed by atoms with Crippen LogP contribution in [-0.2, 0) is 4.74 Å². The standard InChI is InChI=1S/C35H36FNO7/c1-5-7-17-43-35(40)22-8-12-25(13-9-22)37-31(23-10-14-28(29(19-23)41-6-2)42-18-16-21(3)4)30-32(38)26-20-24(36)11-15-27(26)44-33(30)34(37)39/h8-15,19-21,31H,5-7,16-18H2,1-4H3. The van der Waals surface area contributed by atoms with Crippen LogP contribution in [0.4, 0.5) is 10.1 Å². The zero-order valence-corrected chi connectivity index (χ0v) is 25.4. The van der Waals surface area contributed by atoms with E-state index in [4.69, 9.17) is 18.6 Å². The molecule has 2 heterocycles. The van der Waals surface area contributed by atoms with Crippen LogP contribution in [0.2, 0.25) is 0 Å².